The normalized spacial score (nSPS) is 21.9. The Kier molecular flexibility index (Phi) is 7.37. The van der Waals surface area contributed by atoms with Gasteiger partial charge in [0.2, 0.25) is 0 Å². The maximum absolute atomic E-state index is 14.4. The fourth-order valence-corrected chi connectivity index (χ4v) is 4.86. The van der Waals surface area contributed by atoms with Crippen molar-refractivity contribution < 1.29 is 32.5 Å². The first-order valence-electron chi connectivity index (χ1n) is 11.6. The molecule has 4 atom stereocenters. The molecule has 1 fully saturated rings. The van der Waals surface area contributed by atoms with Crippen LogP contribution in [0.3, 0.4) is 0 Å². The molecule has 0 aliphatic carbocycles. The fraction of sp³-hybridized carbons (Fsp3) is 0.333. The standard InChI is InChI=1S/C24H20Cl2F4N6O3/c1-11-31-23(36(33-11)18-7-13(26)3-5-15(18)24(28,29)30)20-8-19(22(38)21(10-37)39-20)35-9-17(32-34-35)14-4-2-12(25)6-16(14)27/h2-7,9,19-22,37-38H,8,10H2,1H3. The van der Waals surface area contributed by atoms with Crippen LogP contribution in [-0.2, 0) is 10.9 Å². The quantitative estimate of drug-likeness (QED) is 0.325. The molecule has 4 aromatic rings. The lowest BCUT2D eigenvalue weighted by Gasteiger charge is -2.38. The Morgan fingerprint density at radius 3 is 2.54 bits per heavy atom. The summed E-state index contributed by atoms with van der Waals surface area (Å²) < 4.78 is 64.1. The second-order valence-electron chi connectivity index (χ2n) is 8.94. The van der Waals surface area contributed by atoms with E-state index in [-0.39, 0.29) is 45.1 Å². The van der Waals surface area contributed by atoms with E-state index >= 15 is 0 Å². The summed E-state index contributed by atoms with van der Waals surface area (Å²) in [5, 5.41) is 33.3. The highest BCUT2D eigenvalue weighted by Crippen LogP contribution is 2.40. The predicted molar refractivity (Wildman–Crippen MR) is 131 cm³/mol. The number of aliphatic hydroxyl groups excluding tert-OH is 2. The number of hydrogen-bond donors (Lipinski definition) is 2. The summed E-state index contributed by atoms with van der Waals surface area (Å²) in [4.78, 5) is 4.30. The Morgan fingerprint density at radius 1 is 1.13 bits per heavy atom. The highest BCUT2D eigenvalue weighted by Gasteiger charge is 2.42. The van der Waals surface area contributed by atoms with Gasteiger partial charge in [0.25, 0.3) is 0 Å². The number of aryl methyl sites for hydroxylation is 1. The van der Waals surface area contributed by atoms with E-state index in [4.69, 9.17) is 27.9 Å². The van der Waals surface area contributed by atoms with Crippen molar-refractivity contribution in [2.75, 3.05) is 6.61 Å². The molecule has 15 heteroatoms. The molecule has 0 amide bonds. The molecule has 206 valence electrons. The molecule has 1 aliphatic rings. The van der Waals surface area contributed by atoms with E-state index in [0.717, 1.165) is 28.9 Å². The van der Waals surface area contributed by atoms with Gasteiger partial charge in [0.05, 0.1) is 30.1 Å². The van der Waals surface area contributed by atoms with E-state index in [0.29, 0.717) is 0 Å². The minimum atomic E-state index is -4.72. The zero-order valence-corrected chi connectivity index (χ0v) is 21.5. The highest BCUT2D eigenvalue weighted by molar-refractivity contribution is 6.31. The third-order valence-corrected chi connectivity index (χ3v) is 6.80. The van der Waals surface area contributed by atoms with Crippen LogP contribution in [0.4, 0.5) is 17.6 Å². The van der Waals surface area contributed by atoms with E-state index in [1.165, 1.54) is 29.9 Å². The average molecular weight is 587 g/mol. The van der Waals surface area contributed by atoms with Gasteiger partial charge in [-0.25, -0.2) is 18.7 Å². The monoisotopic (exact) mass is 586 g/mol. The van der Waals surface area contributed by atoms with Crippen LogP contribution in [0.1, 0.15) is 35.8 Å². The van der Waals surface area contributed by atoms with Gasteiger partial charge in [0.15, 0.2) is 5.82 Å². The topological polar surface area (TPSA) is 111 Å². The van der Waals surface area contributed by atoms with Gasteiger partial charge in [0, 0.05) is 22.0 Å². The maximum Gasteiger partial charge on any atom is 0.418 e. The molecule has 2 aromatic carbocycles. The summed E-state index contributed by atoms with van der Waals surface area (Å²) in [5.41, 5.74) is -1.07. The van der Waals surface area contributed by atoms with Gasteiger partial charge in [-0.2, -0.15) is 18.3 Å². The van der Waals surface area contributed by atoms with Crippen LogP contribution < -0.4 is 0 Å². The Morgan fingerprint density at radius 2 is 1.85 bits per heavy atom. The SMILES string of the molecule is Cc1nc(C2CC(n3cc(-c4ccc(Cl)cc4F)nn3)C(O)C(CO)O2)n(-c2cc(Cl)ccc2C(F)(F)F)n1. The molecule has 9 nitrogen and oxygen atoms in total. The number of benzene rings is 2. The van der Waals surface area contributed by atoms with Gasteiger partial charge in [-0.1, -0.05) is 28.4 Å². The number of ether oxygens (including phenoxy) is 1. The molecule has 0 saturated carbocycles. The van der Waals surface area contributed by atoms with Gasteiger partial charge in [0.1, 0.15) is 35.6 Å². The fourth-order valence-electron chi connectivity index (χ4n) is 4.53. The van der Waals surface area contributed by atoms with Crippen LogP contribution in [0, 0.1) is 12.7 Å². The summed E-state index contributed by atoms with van der Waals surface area (Å²) >= 11 is 11.8. The molecule has 39 heavy (non-hydrogen) atoms. The van der Waals surface area contributed by atoms with Crippen molar-refractivity contribution in [3.05, 3.63) is 75.7 Å². The summed E-state index contributed by atoms with van der Waals surface area (Å²) in [6.45, 7) is 0.889. The van der Waals surface area contributed by atoms with E-state index in [1.807, 2.05) is 0 Å². The lowest BCUT2D eigenvalue weighted by Crippen LogP contribution is -2.45. The van der Waals surface area contributed by atoms with Crippen LogP contribution in [0.2, 0.25) is 10.0 Å². The van der Waals surface area contributed by atoms with E-state index in [1.54, 1.807) is 0 Å². The molecule has 5 rings (SSSR count). The van der Waals surface area contributed by atoms with Crippen molar-refractivity contribution >= 4 is 23.2 Å². The predicted octanol–water partition coefficient (Wildman–Crippen LogP) is 4.72. The number of aromatic nitrogens is 6. The minimum absolute atomic E-state index is 0.000277. The second kappa shape index (κ2) is 10.5. The van der Waals surface area contributed by atoms with Crippen LogP contribution in [0.5, 0.6) is 0 Å². The van der Waals surface area contributed by atoms with E-state index in [9.17, 15) is 27.8 Å². The van der Waals surface area contributed by atoms with Crippen LogP contribution >= 0.6 is 23.2 Å². The number of rotatable bonds is 5. The van der Waals surface area contributed by atoms with Crippen molar-refractivity contribution in [2.45, 2.75) is 43.9 Å². The first-order valence-corrected chi connectivity index (χ1v) is 12.3. The minimum Gasteiger partial charge on any atom is -0.394 e. The largest absolute Gasteiger partial charge is 0.418 e. The molecule has 2 aromatic heterocycles. The number of alkyl halides is 3. The molecule has 4 unspecified atom stereocenters. The molecule has 1 aliphatic heterocycles. The Balaban J connectivity index is 1.54. The average Bonchev–Trinajstić information content (AvgIpc) is 3.50. The summed E-state index contributed by atoms with van der Waals surface area (Å²) in [7, 11) is 0. The second-order valence-corrected chi connectivity index (χ2v) is 9.81. The smallest absolute Gasteiger partial charge is 0.394 e. The van der Waals surface area contributed by atoms with Gasteiger partial charge in [-0.3, -0.25) is 0 Å². The summed E-state index contributed by atoms with van der Waals surface area (Å²) in [6.07, 6.45) is -6.82. The Bertz CT molecular complexity index is 1510. The maximum atomic E-state index is 14.4. The summed E-state index contributed by atoms with van der Waals surface area (Å²) in [6, 6.07) is 6.25. The van der Waals surface area contributed by atoms with E-state index < -0.39 is 48.5 Å². The molecule has 0 radical (unpaired) electrons. The summed E-state index contributed by atoms with van der Waals surface area (Å²) in [5.74, 6) is -0.468. The van der Waals surface area contributed by atoms with Gasteiger partial charge < -0.3 is 14.9 Å². The van der Waals surface area contributed by atoms with Crippen molar-refractivity contribution in [2.24, 2.45) is 0 Å². The molecular formula is C24H20Cl2F4N6O3. The van der Waals surface area contributed by atoms with Gasteiger partial charge in [-0.15, -0.1) is 5.10 Å². The first kappa shape index (κ1) is 27.5. The van der Waals surface area contributed by atoms with Gasteiger partial charge in [-0.05, 0) is 43.3 Å². The lowest BCUT2D eigenvalue weighted by molar-refractivity contribution is -0.161. The van der Waals surface area contributed by atoms with Crippen LogP contribution in [-0.4, -0.2) is 58.8 Å². The number of halogens is 6. The number of hydrogen-bond acceptors (Lipinski definition) is 7. The zero-order valence-electron chi connectivity index (χ0n) is 20.0. The van der Waals surface area contributed by atoms with E-state index in [2.05, 4.69) is 20.4 Å². The molecule has 0 spiro atoms. The number of nitrogens with zero attached hydrogens (tertiary/aromatic N) is 6. The third kappa shape index (κ3) is 5.37. The van der Waals surface area contributed by atoms with Crippen molar-refractivity contribution in [1.29, 1.82) is 0 Å². The van der Waals surface area contributed by atoms with Crippen LogP contribution in [0.15, 0.2) is 42.6 Å². The van der Waals surface area contributed by atoms with Crippen molar-refractivity contribution in [3.63, 3.8) is 0 Å². The molecule has 3 heterocycles. The molecule has 1 saturated heterocycles. The third-order valence-electron chi connectivity index (χ3n) is 6.33. The first-order chi connectivity index (χ1) is 18.5. The highest BCUT2D eigenvalue weighted by atomic mass is 35.5. The lowest BCUT2D eigenvalue weighted by atomic mass is 9.95. The molecule has 0 bridgehead atoms. The molecule has 2 N–H and O–H groups in total. The van der Waals surface area contributed by atoms with Crippen molar-refractivity contribution in [3.8, 4) is 16.9 Å². The Labute approximate surface area is 228 Å². The van der Waals surface area contributed by atoms with Gasteiger partial charge >= 0.3 is 6.18 Å². The van der Waals surface area contributed by atoms with Crippen LogP contribution in [0.25, 0.3) is 16.9 Å². The Hall–Kier alpha value is -3.10. The number of aliphatic hydroxyl groups is 2. The zero-order chi connectivity index (χ0) is 28.1. The van der Waals surface area contributed by atoms with Crippen molar-refractivity contribution in [1.82, 2.24) is 29.8 Å². The molecular weight excluding hydrogens is 567 g/mol.